The number of nitrogens with zero attached hydrogens (tertiary/aromatic N) is 2. The molecule has 0 radical (unpaired) electrons. The highest BCUT2D eigenvalue weighted by Crippen LogP contribution is 2.45. The number of ketones is 1. The summed E-state index contributed by atoms with van der Waals surface area (Å²) in [7, 11) is -3.98. The van der Waals surface area contributed by atoms with E-state index in [1.165, 1.54) is 23.1 Å². The summed E-state index contributed by atoms with van der Waals surface area (Å²) in [6, 6.07) is 1.71. The van der Waals surface area contributed by atoms with Crippen LogP contribution in [0.15, 0.2) is 30.9 Å². The van der Waals surface area contributed by atoms with Crippen LogP contribution >= 0.6 is 0 Å². The lowest BCUT2D eigenvalue weighted by Crippen LogP contribution is -2.58. The highest BCUT2D eigenvalue weighted by molar-refractivity contribution is 7.91. The van der Waals surface area contributed by atoms with Crippen molar-refractivity contribution in [2.24, 2.45) is 11.3 Å². The molecule has 4 aliphatic rings. The number of likely N-dealkylation sites (tertiary alicyclic amines) is 1. The predicted octanol–water partition coefficient (Wildman–Crippen LogP) is 3.21. The fraction of sp³-hybridized carbons (Fsp3) is 0.590. The highest BCUT2D eigenvalue weighted by Gasteiger charge is 2.62. The standard InChI is InChI=1S/C39H50FN5O10S/c1-8-24-19-39(24,34(49)43-56(52,53)27-13-14-27)42-32(47)31-18-26(54-36(51)44-20-23-10-9-11-29(40)28(23)22-44)21-45(31)33(48)30(41-35(50)55-38(5,6)7)15-12-25(46)16-17-37(2,3)4/h8-11,24,26-27,30-31H,1,12-15,18-22H2,2-7H3,(H,41,50)(H,42,47)(H,43,49)/t24-,26-,30+,31+,39-/m1/s1. The zero-order chi connectivity index (χ0) is 41.4. The van der Waals surface area contributed by atoms with Gasteiger partial charge < -0.3 is 25.0 Å². The minimum atomic E-state index is -3.98. The number of hydrogen-bond acceptors (Lipinski definition) is 10. The first kappa shape index (κ1) is 42.2. The minimum Gasteiger partial charge on any atom is -0.444 e. The summed E-state index contributed by atoms with van der Waals surface area (Å²) in [4.78, 5) is 83.6. The van der Waals surface area contributed by atoms with Crippen molar-refractivity contribution >= 4 is 45.7 Å². The van der Waals surface area contributed by atoms with E-state index in [-0.39, 0.29) is 45.3 Å². The Balaban J connectivity index is 1.40. The van der Waals surface area contributed by atoms with Gasteiger partial charge in [-0.3, -0.25) is 28.8 Å². The molecular weight excluding hydrogens is 750 g/mol. The van der Waals surface area contributed by atoms with Crippen molar-refractivity contribution in [1.82, 2.24) is 25.2 Å². The van der Waals surface area contributed by atoms with Crippen LogP contribution in [0, 0.1) is 29.0 Å². The summed E-state index contributed by atoms with van der Waals surface area (Å²) < 4.78 is 53.1. The van der Waals surface area contributed by atoms with Gasteiger partial charge in [-0.15, -0.1) is 6.58 Å². The second kappa shape index (κ2) is 15.9. The monoisotopic (exact) mass is 799 g/mol. The molecular formula is C39H50FN5O10S. The van der Waals surface area contributed by atoms with Gasteiger partial charge in [0.05, 0.1) is 18.3 Å². The zero-order valence-corrected chi connectivity index (χ0v) is 33.3. The van der Waals surface area contributed by atoms with Crippen LogP contribution in [-0.4, -0.2) is 95.0 Å². The molecule has 1 aromatic rings. The number of carbonyl (C=O) groups excluding carboxylic acids is 6. The molecule has 0 unspecified atom stereocenters. The second-order valence-corrected chi connectivity index (χ2v) is 18.8. The van der Waals surface area contributed by atoms with Crippen LogP contribution in [0.2, 0.25) is 0 Å². The largest absolute Gasteiger partial charge is 0.444 e. The minimum absolute atomic E-state index is 0.0416. The van der Waals surface area contributed by atoms with Gasteiger partial charge in [-0.1, -0.05) is 24.1 Å². The van der Waals surface area contributed by atoms with E-state index in [1.54, 1.807) is 26.8 Å². The zero-order valence-electron chi connectivity index (χ0n) is 32.5. The maximum absolute atomic E-state index is 14.5. The molecule has 5 amide bonds. The first-order valence-corrected chi connectivity index (χ1v) is 20.1. The summed E-state index contributed by atoms with van der Waals surface area (Å²) in [5.41, 5.74) is -2.16. The van der Waals surface area contributed by atoms with Crippen LogP contribution in [0.5, 0.6) is 0 Å². The van der Waals surface area contributed by atoms with Crippen molar-refractivity contribution in [3.05, 3.63) is 47.8 Å². The van der Waals surface area contributed by atoms with Gasteiger partial charge >= 0.3 is 12.2 Å². The Kier molecular flexibility index (Phi) is 12.0. The smallest absolute Gasteiger partial charge is 0.410 e. The lowest BCUT2D eigenvalue weighted by molar-refractivity contribution is -0.141. The molecule has 15 nitrogen and oxygen atoms in total. The number of halogens is 1. The summed E-state index contributed by atoms with van der Waals surface area (Å²) in [6.07, 6.45) is -1.32. The molecule has 3 N–H and O–H groups in total. The van der Waals surface area contributed by atoms with Gasteiger partial charge in [0, 0.05) is 36.3 Å². The van der Waals surface area contributed by atoms with Crippen LogP contribution < -0.4 is 15.4 Å². The number of ether oxygens (including phenoxy) is 2. The molecule has 2 aliphatic heterocycles. The van der Waals surface area contributed by atoms with Gasteiger partial charge in [0.15, 0.2) is 0 Å². The van der Waals surface area contributed by atoms with Crippen molar-refractivity contribution in [3.8, 4) is 11.8 Å². The van der Waals surface area contributed by atoms with Gasteiger partial charge in [0.2, 0.25) is 27.6 Å². The Morgan fingerprint density at radius 3 is 2.38 bits per heavy atom. The van der Waals surface area contributed by atoms with E-state index >= 15 is 0 Å². The maximum atomic E-state index is 14.5. The highest BCUT2D eigenvalue weighted by atomic mass is 32.2. The van der Waals surface area contributed by atoms with Crippen molar-refractivity contribution in [1.29, 1.82) is 0 Å². The molecule has 1 saturated heterocycles. The normalized spacial score (nSPS) is 23.4. The summed E-state index contributed by atoms with van der Waals surface area (Å²) in [5, 5.41) is 4.46. The van der Waals surface area contributed by atoms with E-state index in [9.17, 15) is 41.6 Å². The van der Waals surface area contributed by atoms with Crippen LogP contribution in [0.25, 0.3) is 0 Å². The lowest BCUT2D eigenvalue weighted by atomic mass is 9.97. The summed E-state index contributed by atoms with van der Waals surface area (Å²) in [5.74, 6) is 1.20. The third kappa shape index (κ3) is 10.2. The first-order chi connectivity index (χ1) is 26.0. The Bertz CT molecular complexity index is 1980. The molecule has 17 heteroatoms. The molecule has 1 aromatic carbocycles. The number of alkyl carbamates (subject to hydrolysis) is 1. The van der Waals surface area contributed by atoms with Crippen molar-refractivity contribution in [2.75, 3.05) is 6.54 Å². The molecule has 0 spiro atoms. The lowest BCUT2D eigenvalue weighted by Gasteiger charge is -2.30. The predicted molar refractivity (Wildman–Crippen MR) is 200 cm³/mol. The van der Waals surface area contributed by atoms with E-state index in [2.05, 4.69) is 33.8 Å². The quantitative estimate of drug-likeness (QED) is 0.160. The maximum Gasteiger partial charge on any atom is 0.410 e. The number of amides is 5. The molecule has 56 heavy (non-hydrogen) atoms. The molecule has 304 valence electrons. The fourth-order valence-electron chi connectivity index (χ4n) is 6.62. The molecule has 5 rings (SSSR count). The van der Waals surface area contributed by atoms with Crippen LogP contribution in [0.1, 0.15) is 91.2 Å². The number of hydrogen-bond donors (Lipinski definition) is 3. The van der Waals surface area contributed by atoms with Gasteiger partial charge in [-0.05, 0) is 84.8 Å². The number of carbonyl (C=O) groups is 6. The van der Waals surface area contributed by atoms with Gasteiger partial charge in [-0.25, -0.2) is 22.4 Å². The molecule has 2 aliphatic carbocycles. The molecule has 5 atom stereocenters. The molecule has 2 saturated carbocycles. The van der Waals surface area contributed by atoms with E-state index in [4.69, 9.17) is 9.47 Å². The Morgan fingerprint density at radius 1 is 1.09 bits per heavy atom. The Labute approximate surface area is 326 Å². The first-order valence-electron chi connectivity index (χ1n) is 18.6. The summed E-state index contributed by atoms with van der Waals surface area (Å²) >= 11 is 0. The molecule has 0 bridgehead atoms. The molecule has 3 fully saturated rings. The average Bonchev–Trinajstić information content (AvgIpc) is 3.98. The third-order valence-corrected chi connectivity index (χ3v) is 11.6. The Hall–Kier alpha value is -4.98. The van der Waals surface area contributed by atoms with E-state index in [1.807, 2.05) is 20.8 Å². The average molecular weight is 800 g/mol. The van der Waals surface area contributed by atoms with Crippen molar-refractivity contribution in [2.45, 2.75) is 128 Å². The van der Waals surface area contributed by atoms with Crippen LogP contribution in [0.3, 0.4) is 0 Å². The van der Waals surface area contributed by atoms with E-state index in [0.29, 0.717) is 24.0 Å². The third-order valence-electron chi connectivity index (χ3n) is 9.78. The molecule has 0 aromatic heterocycles. The van der Waals surface area contributed by atoms with E-state index in [0.717, 1.165) is 4.90 Å². The number of benzene rings is 1. The summed E-state index contributed by atoms with van der Waals surface area (Å²) in [6.45, 7) is 13.7. The number of nitrogens with one attached hydrogen (secondary N) is 3. The van der Waals surface area contributed by atoms with E-state index < -0.39 is 97.4 Å². The molecule has 2 heterocycles. The Morgan fingerprint density at radius 2 is 1.79 bits per heavy atom. The number of Topliss-reactive ketones (excluding diaryl/α,β-unsaturated/α-hetero) is 1. The number of rotatable bonds is 12. The number of sulfonamides is 1. The van der Waals surface area contributed by atoms with Crippen LogP contribution in [-0.2, 0) is 51.8 Å². The fourth-order valence-corrected chi connectivity index (χ4v) is 7.99. The SMILES string of the molecule is C=C[C@@H]1C[C@]1(NC(=O)[C@@H]1C[C@@H](OC(=O)N2Cc3cccc(F)c3C2)CN1C(=O)[C@H](CCC(=O)C#CC(C)(C)C)NC(=O)OC(C)(C)C)C(=O)NS(=O)(=O)C1CC1. The number of fused-ring (bicyclic) bond motifs is 1. The van der Waals surface area contributed by atoms with Crippen molar-refractivity contribution in [3.63, 3.8) is 0 Å². The van der Waals surface area contributed by atoms with Gasteiger partial charge in [-0.2, -0.15) is 0 Å². The topological polar surface area (TPSA) is 198 Å². The van der Waals surface area contributed by atoms with Gasteiger partial charge in [0.1, 0.15) is 35.1 Å². The van der Waals surface area contributed by atoms with Crippen LogP contribution in [0.4, 0.5) is 14.0 Å². The van der Waals surface area contributed by atoms with Crippen molar-refractivity contribution < 1.29 is 51.0 Å². The second-order valence-electron chi connectivity index (χ2n) is 16.8. The van der Waals surface area contributed by atoms with Gasteiger partial charge in [0.25, 0.3) is 5.91 Å².